The van der Waals surface area contributed by atoms with Crippen LogP contribution in [0.5, 0.6) is 0 Å². The van der Waals surface area contributed by atoms with Crippen molar-refractivity contribution in [3.8, 4) is 0 Å². The van der Waals surface area contributed by atoms with E-state index < -0.39 is 5.82 Å². The summed E-state index contributed by atoms with van der Waals surface area (Å²) in [5, 5.41) is 2.98. The number of nitrogens with zero attached hydrogens (tertiary/aromatic N) is 1. The van der Waals surface area contributed by atoms with Crippen molar-refractivity contribution in [3.05, 3.63) is 59.7 Å². The number of carbonyl (C=O) groups is 2. The molecule has 0 radical (unpaired) electrons. The monoisotopic (exact) mass is 399 g/mol. The molecule has 2 aromatic carbocycles. The van der Waals surface area contributed by atoms with Crippen LogP contribution in [0.2, 0.25) is 0 Å². The number of ketones is 1. The summed E-state index contributed by atoms with van der Waals surface area (Å²) in [6.07, 6.45) is 0. The fourth-order valence-electron chi connectivity index (χ4n) is 2.87. The van der Waals surface area contributed by atoms with Crippen LogP contribution in [0.25, 0.3) is 11.0 Å². The number of thioether (sulfide) groups is 1. The van der Waals surface area contributed by atoms with Gasteiger partial charge in [0.2, 0.25) is 5.91 Å². The zero-order valence-corrected chi connectivity index (χ0v) is 16.8. The molecule has 0 aliphatic rings. The van der Waals surface area contributed by atoms with Crippen LogP contribution in [0.15, 0.2) is 47.4 Å². The summed E-state index contributed by atoms with van der Waals surface area (Å²) >= 11 is 1.10. The predicted molar refractivity (Wildman–Crippen MR) is 109 cm³/mol. The Morgan fingerprint density at radius 1 is 1.21 bits per heavy atom. The summed E-state index contributed by atoms with van der Waals surface area (Å²) in [4.78, 5) is 31.9. The summed E-state index contributed by atoms with van der Waals surface area (Å²) in [7, 11) is 0. The first kappa shape index (κ1) is 20.1. The summed E-state index contributed by atoms with van der Waals surface area (Å²) < 4.78 is 14.1. The number of imidazole rings is 1. The molecule has 0 aliphatic carbocycles. The minimum atomic E-state index is -0.497. The first-order valence-electron chi connectivity index (χ1n) is 9.02. The molecule has 1 aromatic heterocycles. The molecule has 0 bridgehead atoms. The number of hydrogen-bond donors (Lipinski definition) is 2. The van der Waals surface area contributed by atoms with Crippen LogP contribution in [-0.2, 0) is 4.79 Å². The van der Waals surface area contributed by atoms with Gasteiger partial charge in [-0.05, 0) is 37.1 Å². The maximum atomic E-state index is 14.1. The topological polar surface area (TPSA) is 74.8 Å². The van der Waals surface area contributed by atoms with Crippen LogP contribution >= 0.6 is 11.8 Å². The molecule has 0 fully saturated rings. The van der Waals surface area contributed by atoms with Gasteiger partial charge in [0, 0.05) is 10.5 Å². The number of carbonyl (C=O) groups excluding carboxylic acids is 2. The van der Waals surface area contributed by atoms with Crippen LogP contribution < -0.4 is 5.32 Å². The Labute approximate surface area is 167 Å². The molecule has 1 heterocycles. The van der Waals surface area contributed by atoms with Crippen LogP contribution in [0.1, 0.15) is 43.0 Å². The molecule has 0 aliphatic heterocycles. The lowest BCUT2D eigenvalue weighted by Gasteiger charge is -2.20. The number of para-hydroxylation sites is 2. The summed E-state index contributed by atoms with van der Waals surface area (Å²) in [5.74, 6) is -0.00592. The highest BCUT2D eigenvalue weighted by atomic mass is 32.2. The van der Waals surface area contributed by atoms with E-state index in [9.17, 15) is 14.0 Å². The lowest BCUT2D eigenvalue weighted by molar-refractivity contribution is -0.119. The van der Waals surface area contributed by atoms with E-state index in [-0.39, 0.29) is 29.4 Å². The molecule has 1 atom stereocenters. The second-order valence-electron chi connectivity index (χ2n) is 6.92. The average Bonchev–Trinajstić information content (AvgIpc) is 3.08. The molecule has 3 rings (SSSR count). The molecule has 28 heavy (non-hydrogen) atoms. The Morgan fingerprint density at radius 2 is 1.96 bits per heavy atom. The number of Topliss-reactive ketones (excluding diaryl/α,β-unsaturated/α-hetero) is 1. The van der Waals surface area contributed by atoms with Crippen molar-refractivity contribution in [1.82, 2.24) is 15.3 Å². The minimum Gasteiger partial charge on any atom is -0.345 e. The highest BCUT2D eigenvalue weighted by Crippen LogP contribution is 2.25. The number of halogens is 1. The molecule has 2 N–H and O–H groups in total. The number of nitrogens with one attached hydrogen (secondary N) is 2. The van der Waals surface area contributed by atoms with Crippen molar-refractivity contribution >= 4 is 34.5 Å². The van der Waals surface area contributed by atoms with Gasteiger partial charge in [-0.15, -0.1) is 11.8 Å². The SMILES string of the molecule is CC(=O)c1ccc(SCC(=O)NC(c2nc3ccccc3[nH]2)C(C)C)c(F)c1. The fraction of sp³-hybridized carbons (Fsp3) is 0.286. The third kappa shape index (κ3) is 4.59. The van der Waals surface area contributed by atoms with Gasteiger partial charge in [0.05, 0.1) is 22.8 Å². The van der Waals surface area contributed by atoms with E-state index in [0.29, 0.717) is 16.3 Å². The second-order valence-corrected chi connectivity index (χ2v) is 7.94. The van der Waals surface area contributed by atoms with Gasteiger partial charge in [0.25, 0.3) is 0 Å². The first-order chi connectivity index (χ1) is 13.3. The Kier molecular flexibility index (Phi) is 6.14. The van der Waals surface area contributed by atoms with Crippen molar-refractivity contribution in [2.75, 3.05) is 5.75 Å². The van der Waals surface area contributed by atoms with Crippen molar-refractivity contribution < 1.29 is 14.0 Å². The van der Waals surface area contributed by atoms with Gasteiger partial charge >= 0.3 is 0 Å². The van der Waals surface area contributed by atoms with Gasteiger partial charge in [0.1, 0.15) is 11.6 Å². The number of amides is 1. The number of rotatable bonds is 7. The van der Waals surface area contributed by atoms with E-state index in [4.69, 9.17) is 0 Å². The number of benzene rings is 2. The number of aromatic nitrogens is 2. The zero-order chi connectivity index (χ0) is 20.3. The highest BCUT2D eigenvalue weighted by molar-refractivity contribution is 8.00. The summed E-state index contributed by atoms with van der Waals surface area (Å²) in [6.45, 7) is 5.40. The van der Waals surface area contributed by atoms with Gasteiger partial charge in [-0.2, -0.15) is 0 Å². The number of H-pyrrole nitrogens is 1. The lowest BCUT2D eigenvalue weighted by atomic mass is 10.0. The van der Waals surface area contributed by atoms with Gasteiger partial charge in [-0.25, -0.2) is 9.37 Å². The van der Waals surface area contributed by atoms with E-state index >= 15 is 0 Å². The maximum absolute atomic E-state index is 14.1. The van der Waals surface area contributed by atoms with Crippen molar-refractivity contribution in [3.63, 3.8) is 0 Å². The Bertz CT molecular complexity index is 983. The molecule has 146 valence electrons. The fourth-order valence-corrected chi connectivity index (χ4v) is 3.60. The second kappa shape index (κ2) is 8.56. The van der Waals surface area contributed by atoms with E-state index in [1.807, 2.05) is 38.1 Å². The van der Waals surface area contributed by atoms with E-state index in [1.165, 1.54) is 19.1 Å². The van der Waals surface area contributed by atoms with Gasteiger partial charge in [-0.1, -0.05) is 32.0 Å². The minimum absolute atomic E-state index is 0.0692. The average molecular weight is 399 g/mol. The van der Waals surface area contributed by atoms with E-state index in [2.05, 4.69) is 15.3 Å². The zero-order valence-electron chi connectivity index (χ0n) is 16.0. The number of fused-ring (bicyclic) bond motifs is 1. The van der Waals surface area contributed by atoms with Crippen LogP contribution in [-0.4, -0.2) is 27.4 Å². The van der Waals surface area contributed by atoms with Crippen LogP contribution in [0.3, 0.4) is 0 Å². The quantitative estimate of drug-likeness (QED) is 0.453. The first-order valence-corrected chi connectivity index (χ1v) is 10.0. The number of aromatic amines is 1. The lowest BCUT2D eigenvalue weighted by Crippen LogP contribution is -2.33. The highest BCUT2D eigenvalue weighted by Gasteiger charge is 2.22. The molecule has 5 nitrogen and oxygen atoms in total. The molecule has 0 saturated carbocycles. The summed E-state index contributed by atoms with van der Waals surface area (Å²) in [6, 6.07) is 11.7. The van der Waals surface area contributed by atoms with Crippen molar-refractivity contribution in [2.45, 2.75) is 31.7 Å². The molecule has 1 unspecified atom stereocenters. The normalized spacial score (nSPS) is 12.3. The Balaban J connectivity index is 1.67. The van der Waals surface area contributed by atoms with E-state index in [1.54, 1.807) is 6.07 Å². The maximum Gasteiger partial charge on any atom is 0.230 e. The Hall–Kier alpha value is -2.67. The van der Waals surface area contributed by atoms with E-state index in [0.717, 1.165) is 22.8 Å². The van der Waals surface area contributed by atoms with Crippen LogP contribution in [0, 0.1) is 11.7 Å². The third-order valence-corrected chi connectivity index (χ3v) is 5.43. The third-order valence-electron chi connectivity index (χ3n) is 4.38. The van der Waals surface area contributed by atoms with Gasteiger partial charge < -0.3 is 10.3 Å². The Morgan fingerprint density at radius 3 is 2.61 bits per heavy atom. The van der Waals surface area contributed by atoms with Crippen molar-refractivity contribution in [1.29, 1.82) is 0 Å². The number of hydrogen-bond acceptors (Lipinski definition) is 4. The summed E-state index contributed by atoms with van der Waals surface area (Å²) in [5.41, 5.74) is 2.08. The molecule has 3 aromatic rings. The predicted octanol–water partition coefficient (Wildman–Crippen LogP) is 4.51. The molecular formula is C21H22FN3O2S. The van der Waals surface area contributed by atoms with Crippen LogP contribution in [0.4, 0.5) is 4.39 Å². The molecule has 7 heteroatoms. The van der Waals surface area contributed by atoms with Gasteiger partial charge in [-0.3, -0.25) is 9.59 Å². The van der Waals surface area contributed by atoms with Gasteiger partial charge in [0.15, 0.2) is 5.78 Å². The largest absolute Gasteiger partial charge is 0.345 e. The van der Waals surface area contributed by atoms with Crippen molar-refractivity contribution in [2.24, 2.45) is 5.92 Å². The molecule has 1 amide bonds. The molecule has 0 spiro atoms. The standard InChI is InChI=1S/C21H22FN3O2S/c1-12(2)20(21-23-16-6-4-5-7-17(16)24-21)25-19(27)11-28-18-9-8-14(13(3)26)10-15(18)22/h4-10,12,20H,11H2,1-3H3,(H,23,24)(H,25,27). The molecular weight excluding hydrogens is 377 g/mol. The smallest absolute Gasteiger partial charge is 0.230 e. The molecule has 0 saturated heterocycles.